The van der Waals surface area contributed by atoms with Crippen LogP contribution in [0.1, 0.15) is 15.9 Å². The van der Waals surface area contributed by atoms with Gasteiger partial charge in [-0.3, -0.25) is 0 Å². The number of ether oxygens (including phenoxy) is 1. The summed E-state index contributed by atoms with van der Waals surface area (Å²) in [5.74, 6) is -0.323. The van der Waals surface area contributed by atoms with Gasteiger partial charge in [-0.25, -0.2) is 4.79 Å². The smallest absolute Gasteiger partial charge is 0.337 e. The van der Waals surface area contributed by atoms with Crippen LogP contribution in [0, 0.1) is 0 Å². The minimum atomic E-state index is -0.323. The first-order valence-corrected chi connectivity index (χ1v) is 4.21. The summed E-state index contributed by atoms with van der Waals surface area (Å²) < 4.78 is 4.58. The first kappa shape index (κ1) is 10.7. The second-order valence-corrected chi connectivity index (χ2v) is 2.71. The first-order chi connectivity index (χ1) is 6.77. The molecule has 1 rings (SSSR count). The molecule has 0 spiro atoms. The lowest BCUT2D eigenvalue weighted by Gasteiger charge is -2.03. The molecule has 1 aromatic carbocycles. The molecule has 0 aliphatic carbocycles. The molecule has 0 fully saturated rings. The fraction of sp³-hybridized carbons (Fsp3) is 0.300. The Morgan fingerprint density at radius 3 is 2.43 bits per heavy atom. The van der Waals surface area contributed by atoms with Gasteiger partial charge in [0.25, 0.3) is 0 Å². The average molecular weight is 195 g/mol. The molecule has 14 heavy (non-hydrogen) atoms. The largest absolute Gasteiger partial charge is 0.465 e. The van der Waals surface area contributed by atoms with E-state index in [-0.39, 0.29) is 5.97 Å². The lowest BCUT2D eigenvalue weighted by Crippen LogP contribution is -2.10. The van der Waals surface area contributed by atoms with Crippen molar-refractivity contribution in [2.75, 3.05) is 14.2 Å². The summed E-state index contributed by atoms with van der Waals surface area (Å²) in [6, 6.07) is 7.13. The molecule has 1 N–H and O–H groups in total. The summed E-state index contributed by atoms with van der Waals surface area (Å²) in [5.41, 5.74) is 4.30. The minimum Gasteiger partial charge on any atom is -0.465 e. The van der Waals surface area contributed by atoms with E-state index in [1.54, 1.807) is 19.2 Å². The molecule has 0 aromatic heterocycles. The first-order valence-electron chi connectivity index (χ1n) is 4.21. The van der Waals surface area contributed by atoms with Crippen LogP contribution in [-0.4, -0.2) is 20.2 Å². The molecule has 0 saturated carbocycles. The number of hydrogen-bond acceptors (Lipinski definition) is 4. The fourth-order valence-corrected chi connectivity index (χ4v) is 1.03. The zero-order valence-electron chi connectivity index (χ0n) is 8.24. The van der Waals surface area contributed by atoms with E-state index in [0.717, 1.165) is 5.56 Å². The van der Waals surface area contributed by atoms with Crippen molar-refractivity contribution in [3.05, 3.63) is 35.4 Å². The Labute approximate surface area is 82.8 Å². The monoisotopic (exact) mass is 195 g/mol. The van der Waals surface area contributed by atoms with Crippen LogP contribution in [0.3, 0.4) is 0 Å². The highest BCUT2D eigenvalue weighted by Gasteiger charge is 2.03. The number of esters is 1. The zero-order valence-corrected chi connectivity index (χ0v) is 8.24. The number of methoxy groups -OCH3 is 1. The van der Waals surface area contributed by atoms with Gasteiger partial charge >= 0.3 is 5.97 Å². The van der Waals surface area contributed by atoms with Gasteiger partial charge in [-0.1, -0.05) is 12.1 Å². The topological polar surface area (TPSA) is 47.6 Å². The molecule has 0 bridgehead atoms. The van der Waals surface area contributed by atoms with Gasteiger partial charge in [0.05, 0.1) is 19.8 Å². The Hall–Kier alpha value is -1.39. The number of carbonyl (C=O) groups excluding carboxylic acids is 1. The third-order valence-electron chi connectivity index (χ3n) is 1.80. The third kappa shape index (κ3) is 2.83. The standard InChI is InChI=1S/C10H13NO3/c1-13-10(12)9-5-3-8(4-6-9)7-11-14-2/h3-6,11H,7H2,1-2H3. The third-order valence-corrected chi connectivity index (χ3v) is 1.80. The van der Waals surface area contributed by atoms with Crippen LogP contribution < -0.4 is 5.48 Å². The van der Waals surface area contributed by atoms with Gasteiger partial charge in [0.15, 0.2) is 0 Å². The Balaban J connectivity index is 2.63. The van der Waals surface area contributed by atoms with Gasteiger partial charge < -0.3 is 9.57 Å². The van der Waals surface area contributed by atoms with Crippen LogP contribution in [0.4, 0.5) is 0 Å². The van der Waals surface area contributed by atoms with E-state index in [0.29, 0.717) is 12.1 Å². The maximum absolute atomic E-state index is 11.1. The number of hydroxylamine groups is 1. The van der Waals surface area contributed by atoms with Crippen LogP contribution in [0.15, 0.2) is 24.3 Å². The van der Waals surface area contributed by atoms with Gasteiger partial charge in [0.1, 0.15) is 0 Å². The van der Waals surface area contributed by atoms with Crippen LogP contribution in [-0.2, 0) is 16.1 Å². The van der Waals surface area contributed by atoms with Crippen molar-refractivity contribution in [1.29, 1.82) is 0 Å². The average Bonchev–Trinajstić information content (AvgIpc) is 2.26. The summed E-state index contributed by atoms with van der Waals surface area (Å²) >= 11 is 0. The zero-order chi connectivity index (χ0) is 10.4. The van der Waals surface area contributed by atoms with Crippen molar-refractivity contribution in [2.24, 2.45) is 0 Å². The summed E-state index contributed by atoms with van der Waals surface area (Å²) in [7, 11) is 2.92. The van der Waals surface area contributed by atoms with Gasteiger partial charge in [-0.15, -0.1) is 0 Å². The number of hydrogen-bond donors (Lipinski definition) is 1. The molecular formula is C10H13NO3. The van der Waals surface area contributed by atoms with E-state index in [9.17, 15) is 4.79 Å². The van der Waals surface area contributed by atoms with Crippen molar-refractivity contribution in [3.63, 3.8) is 0 Å². The lowest BCUT2D eigenvalue weighted by molar-refractivity contribution is 0.0600. The van der Waals surface area contributed by atoms with Crippen molar-refractivity contribution >= 4 is 5.97 Å². The highest BCUT2D eigenvalue weighted by Crippen LogP contribution is 2.05. The number of benzene rings is 1. The maximum atomic E-state index is 11.1. The van der Waals surface area contributed by atoms with E-state index >= 15 is 0 Å². The second kappa shape index (κ2) is 5.36. The second-order valence-electron chi connectivity index (χ2n) is 2.71. The minimum absolute atomic E-state index is 0.323. The molecule has 0 aliphatic rings. The van der Waals surface area contributed by atoms with Gasteiger partial charge in [0.2, 0.25) is 0 Å². The molecule has 4 nitrogen and oxygen atoms in total. The summed E-state index contributed by atoms with van der Waals surface area (Å²) in [6.45, 7) is 0.609. The van der Waals surface area contributed by atoms with Gasteiger partial charge in [-0.2, -0.15) is 5.48 Å². The van der Waals surface area contributed by atoms with Crippen LogP contribution in [0.2, 0.25) is 0 Å². The highest BCUT2D eigenvalue weighted by atomic mass is 16.6. The van der Waals surface area contributed by atoms with Gasteiger partial charge in [0, 0.05) is 6.54 Å². The number of rotatable bonds is 4. The van der Waals surface area contributed by atoms with Crippen LogP contribution in [0.25, 0.3) is 0 Å². The van der Waals surface area contributed by atoms with E-state index in [1.807, 2.05) is 12.1 Å². The van der Waals surface area contributed by atoms with Crippen molar-refractivity contribution in [3.8, 4) is 0 Å². The Morgan fingerprint density at radius 1 is 1.29 bits per heavy atom. The normalized spacial score (nSPS) is 9.86. The van der Waals surface area contributed by atoms with Crippen molar-refractivity contribution < 1.29 is 14.4 Å². The SMILES string of the molecule is CONCc1ccc(C(=O)OC)cc1. The summed E-state index contributed by atoms with van der Waals surface area (Å²) in [5, 5.41) is 0. The Morgan fingerprint density at radius 2 is 1.93 bits per heavy atom. The number of nitrogens with one attached hydrogen (secondary N) is 1. The molecule has 0 radical (unpaired) electrons. The molecule has 1 aromatic rings. The molecular weight excluding hydrogens is 182 g/mol. The van der Waals surface area contributed by atoms with Crippen LogP contribution in [0.5, 0.6) is 0 Å². The van der Waals surface area contributed by atoms with Gasteiger partial charge in [-0.05, 0) is 17.7 Å². The molecule has 0 unspecified atom stereocenters. The van der Waals surface area contributed by atoms with Crippen molar-refractivity contribution in [2.45, 2.75) is 6.54 Å². The predicted molar refractivity (Wildman–Crippen MR) is 51.6 cm³/mol. The van der Waals surface area contributed by atoms with E-state index in [1.165, 1.54) is 7.11 Å². The molecule has 0 heterocycles. The Bertz CT molecular complexity index is 295. The lowest BCUT2D eigenvalue weighted by atomic mass is 10.1. The Kier molecular flexibility index (Phi) is 4.10. The van der Waals surface area contributed by atoms with E-state index in [4.69, 9.17) is 4.84 Å². The van der Waals surface area contributed by atoms with E-state index < -0.39 is 0 Å². The fourth-order valence-electron chi connectivity index (χ4n) is 1.03. The van der Waals surface area contributed by atoms with E-state index in [2.05, 4.69) is 10.2 Å². The molecule has 0 atom stereocenters. The van der Waals surface area contributed by atoms with Crippen molar-refractivity contribution in [1.82, 2.24) is 5.48 Å². The maximum Gasteiger partial charge on any atom is 0.337 e. The van der Waals surface area contributed by atoms with Crippen LogP contribution >= 0.6 is 0 Å². The quantitative estimate of drug-likeness (QED) is 0.577. The molecule has 4 heteroatoms. The molecule has 0 saturated heterocycles. The molecule has 0 amide bonds. The number of carbonyl (C=O) groups is 1. The highest BCUT2D eigenvalue weighted by molar-refractivity contribution is 5.89. The molecule has 0 aliphatic heterocycles. The molecule has 76 valence electrons. The summed E-state index contributed by atoms with van der Waals surface area (Å²) in [6.07, 6.45) is 0. The summed E-state index contributed by atoms with van der Waals surface area (Å²) in [4.78, 5) is 15.8. The predicted octanol–water partition coefficient (Wildman–Crippen LogP) is 1.12.